The minimum Gasteiger partial charge on any atom is -0.321 e. The maximum atomic E-state index is 11.8. The van der Waals surface area contributed by atoms with Crippen molar-refractivity contribution in [2.24, 2.45) is 11.7 Å². The van der Waals surface area contributed by atoms with Crippen LogP contribution in [0.1, 0.15) is 28.9 Å². The smallest absolute Gasteiger partial charge is 0.189 e. The molecule has 2 nitrogen and oxygen atoms in total. The number of halogens is 1. The lowest BCUT2D eigenvalue weighted by molar-refractivity contribution is 0.0901. The quantitative estimate of drug-likeness (QED) is 0.810. The highest BCUT2D eigenvalue weighted by Gasteiger charge is 2.30. The highest BCUT2D eigenvalue weighted by molar-refractivity contribution is 7.18. The predicted molar refractivity (Wildman–Crippen MR) is 59.0 cm³/mol. The third-order valence-corrected chi connectivity index (χ3v) is 4.02. The van der Waals surface area contributed by atoms with Gasteiger partial charge in [0.25, 0.3) is 0 Å². The molecule has 2 rings (SSSR count). The minimum absolute atomic E-state index is 0.0478. The average molecular weight is 230 g/mol. The van der Waals surface area contributed by atoms with Crippen LogP contribution in [0, 0.1) is 5.92 Å². The van der Waals surface area contributed by atoms with E-state index in [-0.39, 0.29) is 11.8 Å². The van der Waals surface area contributed by atoms with Crippen LogP contribution in [-0.4, -0.2) is 11.8 Å². The van der Waals surface area contributed by atoms with E-state index in [1.54, 1.807) is 12.1 Å². The molecule has 4 heteroatoms. The molecular formula is C10H12ClNOS. The van der Waals surface area contributed by atoms with Crippen LogP contribution in [0.3, 0.4) is 0 Å². The Kier molecular flexibility index (Phi) is 2.91. The van der Waals surface area contributed by atoms with Crippen LogP contribution in [0.15, 0.2) is 12.1 Å². The molecule has 1 aromatic heterocycles. The van der Waals surface area contributed by atoms with Gasteiger partial charge < -0.3 is 5.73 Å². The summed E-state index contributed by atoms with van der Waals surface area (Å²) in [6, 6.07) is 3.18. The minimum atomic E-state index is -0.321. The maximum absolute atomic E-state index is 11.8. The summed E-state index contributed by atoms with van der Waals surface area (Å²) in [7, 11) is 0. The van der Waals surface area contributed by atoms with E-state index in [1.807, 2.05) is 0 Å². The molecule has 76 valence electrons. The van der Waals surface area contributed by atoms with Crippen LogP contribution in [0.2, 0.25) is 4.34 Å². The van der Waals surface area contributed by atoms with Crippen LogP contribution >= 0.6 is 22.9 Å². The average Bonchev–Trinajstić information content (AvgIpc) is 2.47. The molecular weight excluding hydrogens is 218 g/mol. The second-order valence-corrected chi connectivity index (χ2v) is 5.40. The van der Waals surface area contributed by atoms with Crippen molar-refractivity contribution in [2.45, 2.75) is 25.3 Å². The number of carbonyl (C=O) groups is 1. The fourth-order valence-electron chi connectivity index (χ4n) is 1.62. The summed E-state index contributed by atoms with van der Waals surface area (Å²) in [6.45, 7) is 0. The topological polar surface area (TPSA) is 43.1 Å². The van der Waals surface area contributed by atoms with Crippen molar-refractivity contribution in [1.82, 2.24) is 0 Å². The van der Waals surface area contributed by atoms with Crippen LogP contribution in [0.25, 0.3) is 0 Å². The van der Waals surface area contributed by atoms with Crippen molar-refractivity contribution in [2.75, 3.05) is 0 Å². The number of hydrogen-bond acceptors (Lipinski definition) is 3. The standard InChI is InChI=1S/C10H12ClNOS/c11-8-5-4-7(14-8)10(13)9(12)6-2-1-3-6/h4-6,9H,1-3,12H2. The number of ketones is 1. The van der Waals surface area contributed by atoms with Gasteiger partial charge in [-0.2, -0.15) is 0 Å². The first-order valence-corrected chi connectivity index (χ1v) is 5.93. The van der Waals surface area contributed by atoms with Gasteiger partial charge in [0, 0.05) is 0 Å². The van der Waals surface area contributed by atoms with Gasteiger partial charge in [0.15, 0.2) is 5.78 Å². The molecule has 0 spiro atoms. The number of Topliss-reactive ketones (excluding diaryl/α,β-unsaturated/α-hetero) is 1. The van der Waals surface area contributed by atoms with Gasteiger partial charge in [-0.15, -0.1) is 11.3 Å². The zero-order valence-corrected chi connectivity index (χ0v) is 9.27. The van der Waals surface area contributed by atoms with Gasteiger partial charge in [0.05, 0.1) is 15.3 Å². The Hall–Kier alpha value is -0.380. The van der Waals surface area contributed by atoms with Crippen LogP contribution in [0.4, 0.5) is 0 Å². The third kappa shape index (κ3) is 1.85. The van der Waals surface area contributed by atoms with Gasteiger partial charge in [0.2, 0.25) is 0 Å². The van der Waals surface area contributed by atoms with E-state index in [9.17, 15) is 4.79 Å². The fourth-order valence-corrected chi connectivity index (χ4v) is 2.66. The molecule has 1 aliphatic rings. The van der Waals surface area contributed by atoms with E-state index >= 15 is 0 Å². The van der Waals surface area contributed by atoms with Gasteiger partial charge in [-0.3, -0.25) is 4.79 Å². The second-order valence-electron chi connectivity index (χ2n) is 3.68. The molecule has 0 aliphatic heterocycles. The van der Waals surface area contributed by atoms with E-state index in [2.05, 4.69) is 0 Å². The van der Waals surface area contributed by atoms with Crippen LogP contribution in [0.5, 0.6) is 0 Å². The van der Waals surface area contributed by atoms with Gasteiger partial charge >= 0.3 is 0 Å². The zero-order chi connectivity index (χ0) is 10.1. The predicted octanol–water partition coefficient (Wildman–Crippen LogP) is 2.71. The van der Waals surface area contributed by atoms with E-state index in [0.717, 1.165) is 12.8 Å². The van der Waals surface area contributed by atoms with Crippen molar-refractivity contribution < 1.29 is 4.79 Å². The number of hydrogen-bond donors (Lipinski definition) is 1. The lowest BCUT2D eigenvalue weighted by atomic mass is 9.78. The molecule has 1 saturated carbocycles. The molecule has 0 amide bonds. The number of thiophene rings is 1. The van der Waals surface area contributed by atoms with Crippen molar-refractivity contribution in [1.29, 1.82) is 0 Å². The Morgan fingerprint density at radius 1 is 1.57 bits per heavy atom. The first kappa shape index (κ1) is 10.1. The molecule has 0 bridgehead atoms. The van der Waals surface area contributed by atoms with E-state index in [0.29, 0.717) is 15.1 Å². The Balaban J connectivity index is 2.07. The number of rotatable bonds is 3. The molecule has 1 fully saturated rings. The largest absolute Gasteiger partial charge is 0.321 e. The van der Waals surface area contributed by atoms with Crippen molar-refractivity contribution in [3.63, 3.8) is 0 Å². The summed E-state index contributed by atoms with van der Waals surface area (Å²) in [5.74, 6) is 0.440. The molecule has 1 aliphatic carbocycles. The van der Waals surface area contributed by atoms with Crippen molar-refractivity contribution >= 4 is 28.7 Å². The zero-order valence-electron chi connectivity index (χ0n) is 7.70. The summed E-state index contributed by atoms with van der Waals surface area (Å²) in [4.78, 5) is 12.5. The van der Waals surface area contributed by atoms with Crippen LogP contribution in [-0.2, 0) is 0 Å². The first-order chi connectivity index (χ1) is 6.68. The molecule has 0 radical (unpaired) electrons. The summed E-state index contributed by atoms with van der Waals surface area (Å²) in [5, 5.41) is 0. The van der Waals surface area contributed by atoms with E-state index < -0.39 is 0 Å². The molecule has 0 aromatic carbocycles. The number of carbonyl (C=O) groups excluding carboxylic acids is 1. The maximum Gasteiger partial charge on any atom is 0.189 e. The Labute approximate surface area is 92.1 Å². The third-order valence-electron chi connectivity index (χ3n) is 2.78. The number of nitrogens with two attached hydrogens (primary N) is 1. The van der Waals surface area contributed by atoms with Gasteiger partial charge in [0.1, 0.15) is 0 Å². The summed E-state index contributed by atoms with van der Waals surface area (Å²) >= 11 is 7.07. The second kappa shape index (κ2) is 4.01. The monoisotopic (exact) mass is 229 g/mol. The van der Waals surface area contributed by atoms with Crippen molar-refractivity contribution in [3.05, 3.63) is 21.3 Å². The fraction of sp³-hybridized carbons (Fsp3) is 0.500. The summed E-state index contributed by atoms with van der Waals surface area (Å²) < 4.78 is 0.647. The van der Waals surface area contributed by atoms with Gasteiger partial charge in [-0.1, -0.05) is 18.0 Å². The molecule has 1 heterocycles. The lowest BCUT2D eigenvalue weighted by Crippen LogP contribution is -2.41. The summed E-state index contributed by atoms with van der Waals surface area (Å²) in [6.07, 6.45) is 3.38. The van der Waals surface area contributed by atoms with E-state index in [1.165, 1.54) is 17.8 Å². The molecule has 1 atom stereocenters. The first-order valence-electron chi connectivity index (χ1n) is 4.73. The molecule has 1 aromatic rings. The van der Waals surface area contributed by atoms with Crippen molar-refractivity contribution in [3.8, 4) is 0 Å². The van der Waals surface area contributed by atoms with Gasteiger partial charge in [-0.05, 0) is 30.9 Å². The SMILES string of the molecule is NC(C(=O)c1ccc(Cl)s1)C1CCC1. The van der Waals surface area contributed by atoms with Gasteiger partial charge in [-0.25, -0.2) is 0 Å². The molecule has 2 N–H and O–H groups in total. The van der Waals surface area contributed by atoms with Crippen LogP contribution < -0.4 is 5.73 Å². The lowest BCUT2D eigenvalue weighted by Gasteiger charge is -2.29. The molecule has 14 heavy (non-hydrogen) atoms. The summed E-state index contributed by atoms with van der Waals surface area (Å²) in [5.41, 5.74) is 5.88. The highest BCUT2D eigenvalue weighted by atomic mass is 35.5. The molecule has 1 unspecified atom stereocenters. The van der Waals surface area contributed by atoms with E-state index in [4.69, 9.17) is 17.3 Å². The normalized spacial score (nSPS) is 19.0. The highest BCUT2D eigenvalue weighted by Crippen LogP contribution is 2.31. The Bertz CT molecular complexity index is 346. The Morgan fingerprint density at radius 3 is 2.71 bits per heavy atom. The molecule has 0 saturated heterocycles. The Morgan fingerprint density at radius 2 is 2.29 bits per heavy atom.